The Morgan fingerprint density at radius 2 is 2.07 bits per heavy atom. The molecular weight excluding hydrogens is 182 g/mol. The first kappa shape index (κ1) is 11.5. The second kappa shape index (κ2) is 6.84. The molecule has 1 nitrogen and oxygen atoms in total. The Labute approximate surface area is 92.1 Å². The van der Waals surface area contributed by atoms with Gasteiger partial charge < -0.3 is 0 Å². The fourth-order valence-corrected chi connectivity index (χ4v) is 1.50. The average Bonchev–Trinajstić information content (AvgIpc) is 2.26. The zero-order valence-corrected chi connectivity index (χ0v) is 9.24. The number of aryl methyl sites for hydroxylation is 1. The van der Waals surface area contributed by atoms with Gasteiger partial charge in [0.05, 0.1) is 12.5 Å². The van der Waals surface area contributed by atoms with Crippen molar-refractivity contribution in [2.24, 2.45) is 0 Å². The Morgan fingerprint density at radius 3 is 2.73 bits per heavy atom. The summed E-state index contributed by atoms with van der Waals surface area (Å²) in [5.41, 5.74) is 2.58. The molecule has 0 bridgehead atoms. The molecule has 0 aliphatic carbocycles. The Hall–Kier alpha value is -1.55. The zero-order chi connectivity index (χ0) is 10.9. The molecule has 0 atom stereocenters. The summed E-state index contributed by atoms with van der Waals surface area (Å²) >= 11 is 0. The van der Waals surface area contributed by atoms with Crippen LogP contribution in [0, 0.1) is 11.3 Å². The summed E-state index contributed by atoms with van der Waals surface area (Å²) in [6.45, 7) is 2.02. The maximum Gasteiger partial charge on any atom is 0.0666 e. The van der Waals surface area contributed by atoms with E-state index in [1.807, 2.05) is 13.0 Å². The minimum atomic E-state index is 0.561. The van der Waals surface area contributed by atoms with Crippen LogP contribution in [0.4, 0.5) is 0 Å². The summed E-state index contributed by atoms with van der Waals surface area (Å²) in [5, 5.41) is 8.48. The Morgan fingerprint density at radius 1 is 1.33 bits per heavy atom. The van der Waals surface area contributed by atoms with Crippen molar-refractivity contribution in [3.63, 3.8) is 0 Å². The van der Waals surface area contributed by atoms with E-state index in [1.54, 1.807) is 0 Å². The number of benzene rings is 1. The van der Waals surface area contributed by atoms with Crippen LogP contribution in [-0.2, 0) is 6.42 Å². The van der Waals surface area contributed by atoms with Gasteiger partial charge in [-0.15, -0.1) is 0 Å². The first-order valence-corrected chi connectivity index (χ1v) is 5.39. The molecule has 0 aliphatic rings. The lowest BCUT2D eigenvalue weighted by molar-refractivity contribution is 0.836. The molecule has 0 saturated heterocycles. The number of nitriles is 1. The number of hydrogen-bond acceptors (Lipinski definition) is 1. The summed E-state index contributed by atoms with van der Waals surface area (Å²) in [6.07, 6.45) is 6.09. The highest BCUT2D eigenvalue weighted by Crippen LogP contribution is 2.07. The highest BCUT2D eigenvalue weighted by molar-refractivity contribution is 5.14. The van der Waals surface area contributed by atoms with Crippen LogP contribution >= 0.6 is 0 Å². The topological polar surface area (TPSA) is 23.8 Å². The molecule has 1 heteroatoms. The fraction of sp³-hybridized carbons (Fsp3) is 0.357. The van der Waals surface area contributed by atoms with Crippen LogP contribution in [0.2, 0.25) is 0 Å². The van der Waals surface area contributed by atoms with Gasteiger partial charge in [-0.25, -0.2) is 0 Å². The minimum Gasteiger partial charge on any atom is -0.198 e. The third-order valence-electron chi connectivity index (χ3n) is 2.36. The first-order valence-electron chi connectivity index (χ1n) is 5.39. The first-order chi connectivity index (χ1) is 7.33. The van der Waals surface area contributed by atoms with E-state index >= 15 is 0 Å². The second-order valence-corrected chi connectivity index (χ2v) is 3.76. The molecule has 1 aromatic carbocycles. The van der Waals surface area contributed by atoms with Gasteiger partial charge in [-0.3, -0.25) is 0 Å². The second-order valence-electron chi connectivity index (χ2n) is 3.76. The summed E-state index contributed by atoms with van der Waals surface area (Å²) in [4.78, 5) is 0. The molecule has 0 fully saturated rings. The van der Waals surface area contributed by atoms with Crippen molar-refractivity contribution in [2.45, 2.75) is 32.6 Å². The van der Waals surface area contributed by atoms with Gasteiger partial charge in [0.2, 0.25) is 0 Å². The molecule has 0 radical (unpaired) electrons. The Balaban J connectivity index is 2.23. The van der Waals surface area contributed by atoms with E-state index in [2.05, 4.69) is 36.4 Å². The number of allylic oxidation sites excluding steroid dienone is 2. The number of unbranched alkanes of at least 4 members (excludes halogenated alkanes) is 1. The maximum atomic E-state index is 8.48. The molecular formula is C14H17N. The summed E-state index contributed by atoms with van der Waals surface area (Å²) < 4.78 is 0. The van der Waals surface area contributed by atoms with Crippen LogP contribution in [0.25, 0.3) is 0 Å². The lowest BCUT2D eigenvalue weighted by atomic mass is 10.1. The van der Waals surface area contributed by atoms with Crippen molar-refractivity contribution in [2.75, 3.05) is 0 Å². The number of rotatable bonds is 5. The van der Waals surface area contributed by atoms with Crippen LogP contribution < -0.4 is 0 Å². The Kier molecular flexibility index (Phi) is 5.25. The van der Waals surface area contributed by atoms with Crippen molar-refractivity contribution < 1.29 is 0 Å². The van der Waals surface area contributed by atoms with Crippen LogP contribution in [0.15, 0.2) is 42.0 Å². The molecule has 0 N–H and O–H groups in total. The summed E-state index contributed by atoms with van der Waals surface area (Å²) in [7, 11) is 0. The van der Waals surface area contributed by atoms with E-state index < -0.39 is 0 Å². The lowest BCUT2D eigenvalue weighted by Gasteiger charge is -1.99. The van der Waals surface area contributed by atoms with Gasteiger partial charge >= 0.3 is 0 Å². The van der Waals surface area contributed by atoms with Crippen LogP contribution in [0.3, 0.4) is 0 Å². The van der Waals surface area contributed by atoms with Crippen LogP contribution in [0.5, 0.6) is 0 Å². The molecule has 0 unspecified atom stereocenters. The van der Waals surface area contributed by atoms with Gasteiger partial charge in [-0.05, 0) is 31.7 Å². The molecule has 0 heterocycles. The standard InChI is InChI=1S/C14H17N/c1-13(11-12-15)7-5-6-10-14-8-3-2-4-9-14/h2-4,7-9H,5-6,10-11H2,1H3/b13-7-. The van der Waals surface area contributed by atoms with Crippen LogP contribution in [-0.4, -0.2) is 0 Å². The quantitative estimate of drug-likeness (QED) is 0.521. The summed E-state index contributed by atoms with van der Waals surface area (Å²) in [6, 6.07) is 12.7. The van der Waals surface area contributed by atoms with E-state index in [-0.39, 0.29) is 0 Å². The largest absolute Gasteiger partial charge is 0.198 e. The van der Waals surface area contributed by atoms with Crippen molar-refractivity contribution >= 4 is 0 Å². The molecule has 0 saturated carbocycles. The highest BCUT2D eigenvalue weighted by atomic mass is 14.2. The highest BCUT2D eigenvalue weighted by Gasteiger charge is 1.91. The van der Waals surface area contributed by atoms with Gasteiger partial charge in [0.15, 0.2) is 0 Å². The Bertz CT molecular complexity index is 343. The van der Waals surface area contributed by atoms with Crippen molar-refractivity contribution in [3.05, 3.63) is 47.5 Å². The molecule has 1 aromatic rings. The van der Waals surface area contributed by atoms with Crippen molar-refractivity contribution in [1.29, 1.82) is 5.26 Å². The smallest absolute Gasteiger partial charge is 0.0666 e. The molecule has 15 heavy (non-hydrogen) atoms. The van der Waals surface area contributed by atoms with Crippen LogP contribution in [0.1, 0.15) is 31.7 Å². The minimum absolute atomic E-state index is 0.561. The molecule has 0 aromatic heterocycles. The fourth-order valence-electron chi connectivity index (χ4n) is 1.50. The van der Waals surface area contributed by atoms with Crippen molar-refractivity contribution in [1.82, 2.24) is 0 Å². The van der Waals surface area contributed by atoms with E-state index in [0.717, 1.165) is 19.3 Å². The number of nitrogens with zero attached hydrogens (tertiary/aromatic N) is 1. The van der Waals surface area contributed by atoms with E-state index in [4.69, 9.17) is 5.26 Å². The predicted octanol–water partition coefficient (Wildman–Crippen LogP) is 3.87. The van der Waals surface area contributed by atoms with Gasteiger partial charge in [-0.1, -0.05) is 42.0 Å². The van der Waals surface area contributed by atoms with Gasteiger partial charge in [0.1, 0.15) is 0 Å². The van der Waals surface area contributed by atoms with Crippen molar-refractivity contribution in [3.8, 4) is 6.07 Å². The van der Waals surface area contributed by atoms with E-state index in [9.17, 15) is 0 Å². The zero-order valence-electron chi connectivity index (χ0n) is 9.24. The molecule has 0 spiro atoms. The summed E-state index contributed by atoms with van der Waals surface area (Å²) in [5.74, 6) is 0. The van der Waals surface area contributed by atoms with Gasteiger partial charge in [0.25, 0.3) is 0 Å². The normalized spacial score (nSPS) is 11.1. The van der Waals surface area contributed by atoms with Gasteiger partial charge in [-0.2, -0.15) is 5.26 Å². The molecule has 0 aliphatic heterocycles. The monoisotopic (exact) mass is 199 g/mol. The lowest BCUT2D eigenvalue weighted by Crippen LogP contribution is -1.83. The SMILES string of the molecule is C/C(=C/CCCc1ccccc1)CC#N. The number of hydrogen-bond donors (Lipinski definition) is 0. The third kappa shape index (κ3) is 5.02. The molecule has 1 rings (SSSR count). The van der Waals surface area contributed by atoms with E-state index in [0.29, 0.717) is 6.42 Å². The van der Waals surface area contributed by atoms with E-state index in [1.165, 1.54) is 11.1 Å². The average molecular weight is 199 g/mol. The maximum absolute atomic E-state index is 8.48. The molecule has 0 amide bonds. The predicted molar refractivity (Wildman–Crippen MR) is 63.4 cm³/mol. The van der Waals surface area contributed by atoms with Gasteiger partial charge in [0, 0.05) is 0 Å². The third-order valence-corrected chi connectivity index (χ3v) is 2.36. The molecule has 78 valence electrons.